The minimum absolute atomic E-state index is 0.116. The van der Waals surface area contributed by atoms with E-state index >= 15 is 0 Å². The Balaban J connectivity index is 1.40. The molecule has 5 amide bonds. The Morgan fingerprint density at radius 3 is 2.65 bits per heavy atom. The number of amides is 5. The zero-order valence-electron chi connectivity index (χ0n) is 19.0. The van der Waals surface area contributed by atoms with Crippen LogP contribution in [-0.2, 0) is 16.6 Å². The number of nitrogens with one attached hydrogen (secondary N) is 2. The second kappa shape index (κ2) is 9.07. The number of rotatable bonds is 4. The maximum atomic E-state index is 13.2. The lowest BCUT2D eigenvalue weighted by Crippen LogP contribution is -2.43. The summed E-state index contributed by atoms with van der Waals surface area (Å²) in [7, 11) is 1.63. The molecular weight excluding hydrogens is 476 g/mol. The van der Waals surface area contributed by atoms with Gasteiger partial charge in [-0.15, -0.1) is 0 Å². The van der Waals surface area contributed by atoms with Gasteiger partial charge in [-0.25, -0.2) is 14.6 Å². The molecule has 9 nitrogen and oxygen atoms in total. The standard InChI is InChI=1S/C23H27ClN6O3S/c1-25-21(32)29-10-7-23(13-29)14-30(22(33)27-20-26-12-18(24)34-20)17-5-3-15(11-16(17)23)4-6-19(31)28-8-2-9-28/h3,5,11-12H,2,4,6-10,13-14H2,1H3,(H,25,32)(H,26,27,33). The van der Waals surface area contributed by atoms with Crippen molar-refractivity contribution in [3.05, 3.63) is 39.9 Å². The van der Waals surface area contributed by atoms with Gasteiger partial charge in [-0.1, -0.05) is 35.1 Å². The number of hydrogen-bond acceptors (Lipinski definition) is 5. The number of carbonyl (C=O) groups is 3. The number of halogens is 1. The Hall–Kier alpha value is -2.85. The summed E-state index contributed by atoms with van der Waals surface area (Å²) < 4.78 is 0.503. The number of thiazole rings is 1. The number of urea groups is 2. The number of aromatic nitrogens is 1. The van der Waals surface area contributed by atoms with Crippen LogP contribution in [0.3, 0.4) is 0 Å². The van der Waals surface area contributed by atoms with Gasteiger partial charge in [-0.05, 0) is 36.5 Å². The molecule has 2 fully saturated rings. The van der Waals surface area contributed by atoms with Gasteiger partial charge in [0.15, 0.2) is 5.13 Å². The summed E-state index contributed by atoms with van der Waals surface area (Å²) in [4.78, 5) is 47.4. The molecule has 11 heteroatoms. The summed E-state index contributed by atoms with van der Waals surface area (Å²) in [5.41, 5.74) is 2.60. The van der Waals surface area contributed by atoms with Gasteiger partial charge >= 0.3 is 12.1 Å². The molecular formula is C23H27ClN6O3S. The van der Waals surface area contributed by atoms with Gasteiger partial charge in [0, 0.05) is 57.3 Å². The molecule has 2 aromatic rings. The summed E-state index contributed by atoms with van der Waals surface area (Å²) >= 11 is 7.17. The molecule has 0 saturated carbocycles. The Labute approximate surface area is 207 Å². The van der Waals surface area contributed by atoms with Crippen molar-refractivity contribution in [3.63, 3.8) is 0 Å². The third kappa shape index (κ3) is 4.20. The van der Waals surface area contributed by atoms with Crippen LogP contribution in [0.1, 0.15) is 30.4 Å². The van der Waals surface area contributed by atoms with E-state index in [1.54, 1.807) is 16.8 Å². The maximum Gasteiger partial charge on any atom is 0.328 e. The van der Waals surface area contributed by atoms with E-state index in [2.05, 4.69) is 21.7 Å². The highest BCUT2D eigenvalue weighted by Crippen LogP contribution is 2.47. The molecule has 0 radical (unpaired) electrons. The second-order valence-electron chi connectivity index (χ2n) is 9.08. The lowest BCUT2D eigenvalue weighted by atomic mass is 9.81. The van der Waals surface area contributed by atoms with E-state index in [1.165, 1.54) is 17.5 Å². The van der Waals surface area contributed by atoms with E-state index in [4.69, 9.17) is 11.6 Å². The summed E-state index contributed by atoms with van der Waals surface area (Å²) in [6.07, 6.45) is 4.48. The van der Waals surface area contributed by atoms with Gasteiger partial charge in [0.1, 0.15) is 4.34 Å². The molecule has 1 atom stereocenters. The topological polar surface area (TPSA) is 97.9 Å². The van der Waals surface area contributed by atoms with Gasteiger partial charge in [0.2, 0.25) is 5.91 Å². The van der Waals surface area contributed by atoms with Crippen molar-refractivity contribution in [1.82, 2.24) is 20.1 Å². The van der Waals surface area contributed by atoms with Gasteiger partial charge in [-0.3, -0.25) is 15.0 Å². The molecule has 3 aliphatic rings. The highest BCUT2D eigenvalue weighted by molar-refractivity contribution is 7.19. The number of carbonyl (C=O) groups excluding carboxylic acids is 3. The normalized spacial score (nSPS) is 20.9. The summed E-state index contributed by atoms with van der Waals surface area (Å²) in [6.45, 7) is 3.33. The van der Waals surface area contributed by atoms with E-state index in [0.717, 1.165) is 42.7 Å². The first kappa shape index (κ1) is 22.9. The van der Waals surface area contributed by atoms with Crippen molar-refractivity contribution in [2.24, 2.45) is 0 Å². The van der Waals surface area contributed by atoms with Crippen LogP contribution in [0.4, 0.5) is 20.4 Å². The molecule has 180 valence electrons. The number of nitrogens with zero attached hydrogens (tertiary/aromatic N) is 4. The first-order valence-corrected chi connectivity index (χ1v) is 12.7. The Morgan fingerprint density at radius 1 is 1.15 bits per heavy atom. The van der Waals surface area contributed by atoms with Crippen molar-refractivity contribution in [2.45, 2.75) is 31.1 Å². The molecule has 0 aliphatic carbocycles. The van der Waals surface area contributed by atoms with E-state index in [1.807, 2.05) is 17.0 Å². The molecule has 5 rings (SSSR count). The van der Waals surface area contributed by atoms with E-state index in [9.17, 15) is 14.4 Å². The van der Waals surface area contributed by atoms with Crippen LogP contribution in [0.25, 0.3) is 0 Å². The summed E-state index contributed by atoms with van der Waals surface area (Å²) in [5, 5.41) is 5.99. The van der Waals surface area contributed by atoms with Crippen molar-refractivity contribution in [2.75, 3.05) is 50.0 Å². The van der Waals surface area contributed by atoms with Gasteiger partial charge in [0.25, 0.3) is 0 Å². The SMILES string of the molecule is CNC(=O)N1CCC2(C1)CN(C(=O)Nc1ncc(Cl)s1)c1ccc(CCC(=O)N3CCC3)cc12. The number of hydrogen-bond donors (Lipinski definition) is 2. The van der Waals surface area contributed by atoms with Crippen LogP contribution >= 0.6 is 22.9 Å². The van der Waals surface area contributed by atoms with Crippen molar-refractivity contribution < 1.29 is 14.4 Å². The predicted molar refractivity (Wildman–Crippen MR) is 132 cm³/mol. The first-order valence-electron chi connectivity index (χ1n) is 11.5. The minimum atomic E-state index is -0.350. The number of benzene rings is 1. The number of fused-ring (bicyclic) bond motifs is 2. The summed E-state index contributed by atoms with van der Waals surface area (Å²) in [6, 6.07) is 5.69. The molecule has 1 spiro atoms. The Kier molecular flexibility index (Phi) is 6.11. The smallest absolute Gasteiger partial charge is 0.328 e. The van der Waals surface area contributed by atoms with Crippen LogP contribution in [0, 0.1) is 0 Å². The maximum absolute atomic E-state index is 13.2. The third-order valence-corrected chi connectivity index (χ3v) is 8.04. The van der Waals surface area contributed by atoms with Crippen LogP contribution in [0.2, 0.25) is 4.34 Å². The van der Waals surface area contributed by atoms with E-state index < -0.39 is 0 Å². The lowest BCUT2D eigenvalue weighted by Gasteiger charge is -2.31. The minimum Gasteiger partial charge on any atom is -0.343 e. The zero-order chi connectivity index (χ0) is 23.9. The molecule has 34 heavy (non-hydrogen) atoms. The van der Waals surface area contributed by atoms with Crippen LogP contribution < -0.4 is 15.5 Å². The van der Waals surface area contributed by atoms with E-state index in [-0.39, 0.29) is 23.4 Å². The lowest BCUT2D eigenvalue weighted by molar-refractivity contribution is -0.134. The molecule has 1 aromatic carbocycles. The molecule has 1 aromatic heterocycles. The van der Waals surface area contributed by atoms with Gasteiger partial charge in [-0.2, -0.15) is 0 Å². The molecule has 4 heterocycles. The average Bonchev–Trinajstić information content (AvgIpc) is 3.49. The molecule has 2 saturated heterocycles. The summed E-state index contributed by atoms with van der Waals surface area (Å²) in [5.74, 6) is 0.191. The molecule has 0 bridgehead atoms. The highest BCUT2D eigenvalue weighted by Gasteiger charge is 2.50. The first-order chi connectivity index (χ1) is 16.4. The second-order valence-corrected chi connectivity index (χ2v) is 10.7. The van der Waals surface area contributed by atoms with Crippen molar-refractivity contribution in [3.8, 4) is 0 Å². The fourth-order valence-electron chi connectivity index (χ4n) is 5.05. The molecule has 2 N–H and O–H groups in total. The highest BCUT2D eigenvalue weighted by atomic mass is 35.5. The van der Waals surface area contributed by atoms with Crippen LogP contribution in [-0.4, -0.2) is 72.5 Å². The fourth-order valence-corrected chi connectivity index (χ4v) is 5.85. The molecule has 1 unspecified atom stereocenters. The van der Waals surface area contributed by atoms with Crippen molar-refractivity contribution >= 4 is 51.7 Å². The third-order valence-electron chi connectivity index (χ3n) is 7.01. The number of likely N-dealkylation sites (tertiary alicyclic amines) is 2. The predicted octanol–water partition coefficient (Wildman–Crippen LogP) is 3.30. The fraction of sp³-hybridized carbons (Fsp3) is 0.478. The number of anilines is 2. The Bertz CT molecular complexity index is 1140. The number of aryl methyl sites for hydroxylation is 1. The zero-order valence-corrected chi connectivity index (χ0v) is 20.5. The van der Waals surface area contributed by atoms with Gasteiger partial charge < -0.3 is 15.1 Å². The van der Waals surface area contributed by atoms with Gasteiger partial charge in [0.05, 0.1) is 6.20 Å². The molecule has 3 aliphatic heterocycles. The largest absolute Gasteiger partial charge is 0.343 e. The van der Waals surface area contributed by atoms with Crippen molar-refractivity contribution in [1.29, 1.82) is 0 Å². The van der Waals surface area contributed by atoms with Crippen LogP contribution in [0.5, 0.6) is 0 Å². The monoisotopic (exact) mass is 502 g/mol. The Morgan fingerprint density at radius 2 is 1.97 bits per heavy atom. The average molecular weight is 503 g/mol. The van der Waals surface area contributed by atoms with Crippen LogP contribution in [0.15, 0.2) is 24.4 Å². The van der Waals surface area contributed by atoms with E-state index in [0.29, 0.717) is 41.9 Å². The quantitative estimate of drug-likeness (QED) is 0.670.